The van der Waals surface area contributed by atoms with E-state index < -0.39 is 37.3 Å². The Balaban J connectivity index is 1.58. The maximum absolute atomic E-state index is 10.7. The first-order chi connectivity index (χ1) is 15.9. The number of nitrogens with zero attached hydrogens (tertiary/aromatic N) is 1. The molecule has 0 radical (unpaired) electrons. The second-order valence-corrected chi connectivity index (χ2v) is 8.79. The van der Waals surface area contributed by atoms with Gasteiger partial charge in [0.1, 0.15) is 30.2 Å². The van der Waals surface area contributed by atoms with Crippen molar-refractivity contribution in [1.82, 2.24) is 4.57 Å². The first kappa shape index (κ1) is 21.9. The minimum Gasteiger partial charge on any atom is -0.508 e. The number of benzene rings is 3. The molecule has 0 saturated carbocycles. The topological polar surface area (TPSA) is 115 Å². The minimum absolute atomic E-state index is 0.230. The Hall–Kier alpha value is -2.94. The fourth-order valence-corrected chi connectivity index (χ4v) is 4.83. The molecule has 1 fully saturated rings. The van der Waals surface area contributed by atoms with E-state index in [1.807, 2.05) is 49.5 Å². The zero-order chi connectivity index (χ0) is 23.3. The molecule has 1 saturated heterocycles. The van der Waals surface area contributed by atoms with E-state index in [1.54, 1.807) is 16.7 Å². The van der Waals surface area contributed by atoms with Gasteiger partial charge in [0, 0.05) is 11.6 Å². The van der Waals surface area contributed by atoms with E-state index in [-0.39, 0.29) is 5.75 Å². The molecular formula is C26H27NO6. The Labute approximate surface area is 190 Å². The lowest BCUT2D eigenvalue weighted by Gasteiger charge is -2.40. The molecule has 5 atom stereocenters. The Morgan fingerprint density at radius 1 is 0.909 bits per heavy atom. The van der Waals surface area contributed by atoms with E-state index in [2.05, 4.69) is 6.07 Å². The van der Waals surface area contributed by atoms with E-state index in [4.69, 9.17) is 4.74 Å². The van der Waals surface area contributed by atoms with Crippen molar-refractivity contribution >= 4 is 21.7 Å². The number of rotatable bonds is 4. The molecule has 0 amide bonds. The Kier molecular flexibility index (Phi) is 5.60. The van der Waals surface area contributed by atoms with Gasteiger partial charge in [0.2, 0.25) is 0 Å². The number of phenolic OH excluding ortho intramolecular Hbond substituents is 1. The van der Waals surface area contributed by atoms with Crippen molar-refractivity contribution in [3.8, 4) is 5.75 Å². The van der Waals surface area contributed by atoms with Crippen LogP contribution >= 0.6 is 0 Å². The van der Waals surface area contributed by atoms with Crippen LogP contribution in [0.25, 0.3) is 21.7 Å². The van der Waals surface area contributed by atoms with Gasteiger partial charge in [-0.1, -0.05) is 42.5 Å². The zero-order valence-electron chi connectivity index (χ0n) is 18.2. The summed E-state index contributed by atoms with van der Waals surface area (Å²) in [6, 6.07) is 17.3. The van der Waals surface area contributed by atoms with Crippen LogP contribution in [0.4, 0.5) is 0 Å². The van der Waals surface area contributed by atoms with Crippen molar-refractivity contribution in [2.75, 3.05) is 6.61 Å². The summed E-state index contributed by atoms with van der Waals surface area (Å²) >= 11 is 0. The zero-order valence-corrected chi connectivity index (χ0v) is 18.2. The summed E-state index contributed by atoms with van der Waals surface area (Å²) < 4.78 is 7.63. The fraction of sp³-hybridized carbons (Fsp3) is 0.308. The second-order valence-electron chi connectivity index (χ2n) is 8.79. The number of aryl methyl sites for hydroxylation is 1. The van der Waals surface area contributed by atoms with Gasteiger partial charge in [-0.2, -0.15) is 0 Å². The first-order valence-corrected chi connectivity index (χ1v) is 11.0. The quantitative estimate of drug-likeness (QED) is 0.327. The van der Waals surface area contributed by atoms with Gasteiger partial charge in [0.25, 0.3) is 0 Å². The smallest absolute Gasteiger partial charge is 0.163 e. The second kappa shape index (κ2) is 8.44. The van der Waals surface area contributed by atoms with Crippen LogP contribution < -0.4 is 0 Å². The molecule has 4 aromatic rings. The summed E-state index contributed by atoms with van der Waals surface area (Å²) in [5, 5.41) is 53.5. The summed E-state index contributed by atoms with van der Waals surface area (Å²) in [5.41, 5.74) is 3.94. The highest BCUT2D eigenvalue weighted by Gasteiger charge is 2.44. The van der Waals surface area contributed by atoms with Gasteiger partial charge in [-0.05, 0) is 52.9 Å². The third-order valence-corrected chi connectivity index (χ3v) is 6.56. The number of para-hydroxylation sites is 1. The molecule has 1 aliphatic rings. The minimum atomic E-state index is -1.44. The third-order valence-electron chi connectivity index (χ3n) is 6.56. The molecule has 0 spiro atoms. The molecule has 1 aliphatic heterocycles. The van der Waals surface area contributed by atoms with Crippen LogP contribution in [0.3, 0.4) is 0 Å². The largest absolute Gasteiger partial charge is 0.508 e. The highest BCUT2D eigenvalue weighted by atomic mass is 16.6. The third kappa shape index (κ3) is 3.78. The molecule has 0 bridgehead atoms. The summed E-state index contributed by atoms with van der Waals surface area (Å²) in [4.78, 5) is 0. The molecular weight excluding hydrogens is 422 g/mol. The van der Waals surface area contributed by atoms with E-state index in [1.165, 1.54) is 0 Å². The highest BCUT2D eigenvalue weighted by Crippen LogP contribution is 2.35. The van der Waals surface area contributed by atoms with Crippen molar-refractivity contribution < 1.29 is 30.3 Å². The molecule has 1 aromatic heterocycles. The maximum atomic E-state index is 10.7. The van der Waals surface area contributed by atoms with Gasteiger partial charge in [-0.3, -0.25) is 0 Å². The van der Waals surface area contributed by atoms with Crippen molar-refractivity contribution in [2.24, 2.45) is 0 Å². The molecule has 2 heterocycles. The van der Waals surface area contributed by atoms with Gasteiger partial charge in [-0.15, -0.1) is 0 Å². The molecule has 7 nitrogen and oxygen atoms in total. The standard InChI is InChI=1S/C26H27NO6/c1-14-3-2-4-20-18(10-15-5-6-17-11-19(29)8-7-16(17)9-15)12-27(22(14)20)26-25(32)24(31)23(30)21(13-28)33-26/h2-9,11-12,21,23-26,28-32H,10,13H2,1H3/t21-,23-,24+,25-,26-/m1/s1. The number of aromatic nitrogens is 1. The summed E-state index contributed by atoms with van der Waals surface area (Å²) in [5.74, 6) is 0.230. The van der Waals surface area contributed by atoms with Crippen LogP contribution in [0.15, 0.2) is 60.8 Å². The van der Waals surface area contributed by atoms with Crippen LogP contribution in [0.1, 0.15) is 22.9 Å². The molecule has 7 heteroatoms. The van der Waals surface area contributed by atoms with E-state index >= 15 is 0 Å². The number of phenols is 1. The Bertz CT molecular complexity index is 1310. The van der Waals surface area contributed by atoms with E-state index in [9.17, 15) is 25.5 Å². The molecule has 5 rings (SSSR count). The number of ether oxygens (including phenoxy) is 1. The summed E-state index contributed by atoms with van der Waals surface area (Å²) in [6.07, 6.45) is -3.61. The average molecular weight is 450 g/mol. The van der Waals surface area contributed by atoms with Crippen molar-refractivity contribution in [2.45, 2.75) is 44.0 Å². The van der Waals surface area contributed by atoms with Crippen LogP contribution in [0.5, 0.6) is 5.75 Å². The highest BCUT2D eigenvalue weighted by molar-refractivity contribution is 5.88. The maximum Gasteiger partial charge on any atom is 0.163 e. The van der Waals surface area contributed by atoms with Gasteiger partial charge in [0.15, 0.2) is 6.23 Å². The number of aliphatic hydroxyl groups excluding tert-OH is 4. The fourth-order valence-electron chi connectivity index (χ4n) is 4.83. The van der Waals surface area contributed by atoms with E-state index in [0.717, 1.165) is 38.4 Å². The summed E-state index contributed by atoms with van der Waals surface area (Å²) in [6.45, 7) is 1.49. The van der Waals surface area contributed by atoms with Gasteiger partial charge in [-0.25, -0.2) is 0 Å². The van der Waals surface area contributed by atoms with Crippen molar-refractivity contribution in [1.29, 1.82) is 0 Å². The van der Waals surface area contributed by atoms with Crippen LogP contribution in [0, 0.1) is 6.92 Å². The lowest BCUT2D eigenvalue weighted by Crippen LogP contribution is -2.56. The monoisotopic (exact) mass is 449 g/mol. The van der Waals surface area contributed by atoms with Gasteiger partial charge in [0.05, 0.1) is 12.1 Å². The Morgan fingerprint density at radius 3 is 2.45 bits per heavy atom. The van der Waals surface area contributed by atoms with E-state index in [0.29, 0.717) is 6.42 Å². The molecule has 33 heavy (non-hydrogen) atoms. The molecule has 5 N–H and O–H groups in total. The SMILES string of the molecule is Cc1cccc2c(Cc3ccc4cc(O)ccc4c3)cn([C@@H]3O[C@H](CO)[C@@H](O)[C@H](O)[C@H]3O)c12. The summed E-state index contributed by atoms with van der Waals surface area (Å²) in [7, 11) is 0. The predicted octanol–water partition coefficient (Wildman–Crippen LogP) is 2.37. The van der Waals surface area contributed by atoms with Crippen LogP contribution in [0.2, 0.25) is 0 Å². The Morgan fingerprint density at radius 2 is 1.67 bits per heavy atom. The van der Waals surface area contributed by atoms with Crippen LogP contribution in [-0.2, 0) is 11.2 Å². The van der Waals surface area contributed by atoms with Gasteiger partial charge >= 0.3 is 0 Å². The van der Waals surface area contributed by atoms with Crippen molar-refractivity contribution in [3.63, 3.8) is 0 Å². The average Bonchev–Trinajstić information content (AvgIpc) is 3.17. The van der Waals surface area contributed by atoms with Crippen LogP contribution in [-0.4, -0.2) is 61.1 Å². The molecule has 0 unspecified atom stereocenters. The number of aromatic hydroxyl groups is 1. The van der Waals surface area contributed by atoms with Crippen molar-refractivity contribution in [3.05, 3.63) is 77.5 Å². The number of hydrogen-bond donors (Lipinski definition) is 5. The predicted molar refractivity (Wildman–Crippen MR) is 124 cm³/mol. The first-order valence-electron chi connectivity index (χ1n) is 11.0. The number of fused-ring (bicyclic) bond motifs is 2. The lowest BCUT2D eigenvalue weighted by molar-refractivity contribution is -0.250. The molecule has 0 aliphatic carbocycles. The lowest BCUT2D eigenvalue weighted by atomic mass is 9.98. The molecule has 3 aromatic carbocycles. The molecule has 172 valence electrons. The van der Waals surface area contributed by atoms with Gasteiger partial charge < -0.3 is 34.8 Å². The normalized spacial score (nSPS) is 25.7. The number of hydrogen-bond acceptors (Lipinski definition) is 6. The number of aliphatic hydroxyl groups is 4.